The van der Waals surface area contributed by atoms with Gasteiger partial charge in [-0.25, -0.2) is 4.79 Å². The van der Waals surface area contributed by atoms with Crippen molar-refractivity contribution in [2.24, 2.45) is 0 Å². The summed E-state index contributed by atoms with van der Waals surface area (Å²) in [7, 11) is 3.20. The summed E-state index contributed by atoms with van der Waals surface area (Å²) in [6.07, 6.45) is 7.08. The molecule has 0 aliphatic carbocycles. The summed E-state index contributed by atoms with van der Waals surface area (Å²) in [6, 6.07) is 19.4. The predicted molar refractivity (Wildman–Crippen MR) is 126 cm³/mol. The monoisotopic (exact) mass is 414 g/mol. The second-order valence-corrected chi connectivity index (χ2v) is 7.10. The highest BCUT2D eigenvalue weighted by atomic mass is 16.5. The number of methoxy groups -OCH3 is 2. The molecule has 0 aliphatic heterocycles. The van der Waals surface area contributed by atoms with E-state index in [-0.39, 0.29) is 0 Å². The molecule has 0 spiro atoms. The molecule has 0 bridgehead atoms. The van der Waals surface area contributed by atoms with E-state index < -0.39 is 5.97 Å². The zero-order valence-electron chi connectivity index (χ0n) is 18.2. The molecular formula is C27H26O4. The first-order valence-corrected chi connectivity index (χ1v) is 9.96. The minimum absolute atomic E-state index is 0.454. The number of esters is 1. The summed E-state index contributed by atoms with van der Waals surface area (Å²) in [5, 5.41) is 0. The molecule has 0 aromatic heterocycles. The number of aryl methyl sites for hydroxylation is 2. The van der Waals surface area contributed by atoms with Crippen LogP contribution in [0.15, 0.2) is 66.7 Å². The van der Waals surface area contributed by atoms with Crippen molar-refractivity contribution in [2.75, 3.05) is 14.2 Å². The van der Waals surface area contributed by atoms with E-state index in [0.717, 1.165) is 27.8 Å². The molecule has 0 N–H and O–H groups in total. The Morgan fingerprint density at radius 1 is 0.806 bits per heavy atom. The third kappa shape index (κ3) is 5.86. The van der Waals surface area contributed by atoms with E-state index >= 15 is 0 Å². The molecule has 0 atom stereocenters. The molecule has 0 saturated heterocycles. The quantitative estimate of drug-likeness (QED) is 0.202. The van der Waals surface area contributed by atoms with E-state index in [0.29, 0.717) is 17.2 Å². The topological polar surface area (TPSA) is 44.8 Å². The summed E-state index contributed by atoms with van der Waals surface area (Å²) in [5.41, 5.74) is 4.61. The smallest absolute Gasteiger partial charge is 0.336 e. The normalized spacial score (nSPS) is 11.1. The van der Waals surface area contributed by atoms with E-state index in [1.807, 2.05) is 80.6 Å². The molecule has 31 heavy (non-hydrogen) atoms. The zero-order valence-corrected chi connectivity index (χ0v) is 18.2. The molecule has 0 aliphatic rings. The van der Waals surface area contributed by atoms with Crippen LogP contribution in [0.3, 0.4) is 0 Å². The van der Waals surface area contributed by atoms with Gasteiger partial charge in [-0.3, -0.25) is 0 Å². The van der Waals surface area contributed by atoms with Gasteiger partial charge in [0.05, 0.1) is 14.2 Å². The first-order chi connectivity index (χ1) is 15.0. The van der Waals surface area contributed by atoms with Crippen LogP contribution in [0, 0.1) is 13.8 Å². The van der Waals surface area contributed by atoms with Gasteiger partial charge in [-0.15, -0.1) is 0 Å². The van der Waals surface area contributed by atoms with Gasteiger partial charge in [0.15, 0.2) is 0 Å². The number of rotatable bonds is 7. The molecule has 3 aromatic carbocycles. The van der Waals surface area contributed by atoms with Gasteiger partial charge in [0.2, 0.25) is 0 Å². The fourth-order valence-electron chi connectivity index (χ4n) is 3.09. The SMILES string of the molecule is COc1cc(/C=C/c2ccccc2)c(/C=C/C(=O)Oc2cc(C)ccc2C)c(OC)c1. The molecule has 3 aromatic rings. The van der Waals surface area contributed by atoms with Crippen molar-refractivity contribution in [3.63, 3.8) is 0 Å². The maximum Gasteiger partial charge on any atom is 0.336 e. The Labute approximate surface area is 183 Å². The van der Waals surface area contributed by atoms with E-state index in [4.69, 9.17) is 14.2 Å². The number of benzene rings is 3. The molecule has 0 fully saturated rings. The van der Waals surface area contributed by atoms with Crippen molar-refractivity contribution in [2.45, 2.75) is 13.8 Å². The third-order valence-corrected chi connectivity index (χ3v) is 4.80. The molecular weight excluding hydrogens is 388 g/mol. The van der Waals surface area contributed by atoms with Crippen LogP contribution in [0.1, 0.15) is 27.8 Å². The lowest BCUT2D eigenvalue weighted by molar-refractivity contribution is -0.128. The molecule has 0 radical (unpaired) electrons. The Morgan fingerprint density at radius 3 is 2.29 bits per heavy atom. The van der Waals surface area contributed by atoms with Crippen molar-refractivity contribution >= 4 is 24.2 Å². The Kier molecular flexibility index (Phi) is 7.28. The largest absolute Gasteiger partial charge is 0.497 e. The van der Waals surface area contributed by atoms with Crippen LogP contribution in [-0.2, 0) is 4.79 Å². The molecule has 0 saturated carbocycles. The van der Waals surface area contributed by atoms with Gasteiger partial charge >= 0.3 is 5.97 Å². The van der Waals surface area contributed by atoms with E-state index in [9.17, 15) is 4.79 Å². The summed E-state index contributed by atoms with van der Waals surface area (Å²) >= 11 is 0. The van der Waals surface area contributed by atoms with Crippen molar-refractivity contribution in [3.8, 4) is 17.2 Å². The van der Waals surface area contributed by atoms with Crippen LogP contribution in [0.25, 0.3) is 18.2 Å². The molecule has 4 heteroatoms. The summed E-state index contributed by atoms with van der Waals surface area (Å²) in [6.45, 7) is 3.87. The lowest BCUT2D eigenvalue weighted by Crippen LogP contribution is -2.05. The average molecular weight is 415 g/mol. The number of carbonyl (C=O) groups excluding carboxylic acids is 1. The molecule has 0 amide bonds. The molecule has 3 rings (SSSR count). The highest BCUT2D eigenvalue weighted by Crippen LogP contribution is 2.31. The zero-order chi connectivity index (χ0) is 22.2. The van der Waals surface area contributed by atoms with E-state index in [1.54, 1.807) is 26.4 Å². The summed E-state index contributed by atoms with van der Waals surface area (Å²) in [4.78, 5) is 12.5. The van der Waals surface area contributed by atoms with Gasteiger partial charge in [-0.1, -0.05) is 54.6 Å². The maximum absolute atomic E-state index is 12.5. The van der Waals surface area contributed by atoms with Crippen LogP contribution in [0.4, 0.5) is 0 Å². The Bertz CT molecular complexity index is 1110. The van der Waals surface area contributed by atoms with Crippen molar-refractivity contribution < 1.29 is 19.0 Å². The van der Waals surface area contributed by atoms with Crippen LogP contribution in [0.5, 0.6) is 17.2 Å². The first kappa shape index (κ1) is 21.9. The molecule has 4 nitrogen and oxygen atoms in total. The highest BCUT2D eigenvalue weighted by Gasteiger charge is 2.10. The number of hydrogen-bond donors (Lipinski definition) is 0. The van der Waals surface area contributed by atoms with Crippen LogP contribution >= 0.6 is 0 Å². The summed E-state index contributed by atoms with van der Waals surface area (Å²) in [5.74, 6) is 1.37. The van der Waals surface area contributed by atoms with Gasteiger partial charge in [0.1, 0.15) is 17.2 Å². The third-order valence-electron chi connectivity index (χ3n) is 4.80. The van der Waals surface area contributed by atoms with Crippen LogP contribution < -0.4 is 14.2 Å². The van der Waals surface area contributed by atoms with Crippen molar-refractivity contribution in [1.29, 1.82) is 0 Å². The van der Waals surface area contributed by atoms with Crippen LogP contribution in [-0.4, -0.2) is 20.2 Å². The van der Waals surface area contributed by atoms with E-state index in [2.05, 4.69) is 0 Å². The van der Waals surface area contributed by atoms with Gasteiger partial charge in [-0.2, -0.15) is 0 Å². The Hall–Kier alpha value is -3.79. The number of hydrogen-bond acceptors (Lipinski definition) is 4. The second-order valence-electron chi connectivity index (χ2n) is 7.10. The fourth-order valence-corrected chi connectivity index (χ4v) is 3.09. The summed E-state index contributed by atoms with van der Waals surface area (Å²) < 4.78 is 16.5. The lowest BCUT2D eigenvalue weighted by atomic mass is 10.0. The maximum atomic E-state index is 12.5. The van der Waals surface area contributed by atoms with Gasteiger partial charge in [0.25, 0.3) is 0 Å². The first-order valence-electron chi connectivity index (χ1n) is 9.96. The Morgan fingerprint density at radius 2 is 1.58 bits per heavy atom. The predicted octanol–water partition coefficient (Wildman–Crippen LogP) is 6.11. The fraction of sp³-hybridized carbons (Fsp3) is 0.148. The van der Waals surface area contributed by atoms with Crippen molar-refractivity contribution in [1.82, 2.24) is 0 Å². The van der Waals surface area contributed by atoms with Crippen LogP contribution in [0.2, 0.25) is 0 Å². The number of carbonyl (C=O) groups is 1. The molecule has 0 unspecified atom stereocenters. The van der Waals surface area contributed by atoms with E-state index in [1.165, 1.54) is 6.08 Å². The second kappa shape index (κ2) is 10.3. The Balaban J connectivity index is 1.92. The minimum atomic E-state index is -0.454. The molecule has 0 heterocycles. The van der Waals surface area contributed by atoms with Gasteiger partial charge in [-0.05, 0) is 54.3 Å². The minimum Gasteiger partial charge on any atom is -0.497 e. The van der Waals surface area contributed by atoms with Gasteiger partial charge < -0.3 is 14.2 Å². The lowest BCUT2D eigenvalue weighted by Gasteiger charge is -2.12. The highest BCUT2D eigenvalue weighted by molar-refractivity contribution is 5.91. The number of ether oxygens (including phenoxy) is 3. The average Bonchev–Trinajstić information content (AvgIpc) is 2.79. The van der Waals surface area contributed by atoms with Gasteiger partial charge in [0, 0.05) is 17.7 Å². The molecule has 158 valence electrons. The van der Waals surface area contributed by atoms with Crippen molar-refractivity contribution in [3.05, 3.63) is 94.6 Å². The standard InChI is InChI=1S/C27H26O4/c1-19-10-11-20(2)25(16-19)31-27(28)15-14-24-22(13-12-21-8-6-5-7-9-21)17-23(29-3)18-26(24)30-4/h5-18H,1-4H3/b13-12+,15-14+.